The van der Waals surface area contributed by atoms with E-state index in [4.69, 9.17) is 11.6 Å². The van der Waals surface area contributed by atoms with E-state index >= 15 is 4.39 Å². The number of anilines is 2. The fourth-order valence-electron chi connectivity index (χ4n) is 4.47. The Morgan fingerprint density at radius 1 is 1.28 bits per heavy atom. The Morgan fingerprint density at radius 3 is 2.69 bits per heavy atom. The number of pyridine rings is 1. The van der Waals surface area contributed by atoms with E-state index in [1.165, 1.54) is 12.4 Å². The molecule has 4 aromatic rings. The van der Waals surface area contributed by atoms with E-state index in [0.717, 1.165) is 4.90 Å². The molecule has 7 nitrogen and oxygen atoms in total. The molecule has 2 atom stereocenters. The Kier molecular flexibility index (Phi) is 5.15. The first-order valence-corrected chi connectivity index (χ1v) is 11.6. The topological polar surface area (TPSA) is 78.3 Å². The third kappa shape index (κ3) is 4.02. The number of nitrogens with zero attached hydrogens (tertiary/aromatic N) is 4. The van der Waals surface area contributed by atoms with Gasteiger partial charge in [-0.1, -0.05) is 11.6 Å². The predicted octanol–water partition coefficient (Wildman–Crippen LogP) is 5.50. The zero-order valence-corrected chi connectivity index (χ0v) is 19.2. The lowest BCUT2D eigenvalue weighted by Gasteiger charge is -2.27. The van der Waals surface area contributed by atoms with Gasteiger partial charge in [0.15, 0.2) is 11.6 Å². The summed E-state index contributed by atoms with van der Waals surface area (Å²) >= 11 is 6.45. The van der Waals surface area contributed by atoms with Crippen LogP contribution in [0.1, 0.15) is 19.3 Å². The quantitative estimate of drug-likeness (QED) is 0.327. The average molecular weight is 525 g/mol. The highest BCUT2D eigenvalue weighted by atomic mass is 35.5. The molecule has 2 N–H and O–H groups in total. The normalized spacial score (nSPS) is 19.7. The zero-order valence-electron chi connectivity index (χ0n) is 18.4. The number of alkyl halides is 4. The van der Waals surface area contributed by atoms with Gasteiger partial charge in [-0.15, -0.1) is 0 Å². The van der Waals surface area contributed by atoms with E-state index in [1.54, 1.807) is 22.7 Å². The summed E-state index contributed by atoms with van der Waals surface area (Å²) in [5.41, 5.74) is 1.04. The number of imidazole rings is 1. The van der Waals surface area contributed by atoms with Crippen molar-refractivity contribution >= 4 is 45.6 Å². The minimum absolute atomic E-state index is 0.118. The van der Waals surface area contributed by atoms with Gasteiger partial charge >= 0.3 is 6.18 Å². The molecule has 3 aromatic heterocycles. The van der Waals surface area contributed by atoms with Gasteiger partial charge < -0.3 is 14.6 Å². The predicted molar refractivity (Wildman–Crippen MR) is 123 cm³/mol. The summed E-state index contributed by atoms with van der Waals surface area (Å²) in [5, 5.41) is 9.21. The van der Waals surface area contributed by atoms with Gasteiger partial charge in [0.2, 0.25) is 5.91 Å². The lowest BCUT2D eigenvalue weighted by Crippen LogP contribution is -2.36. The number of aromatic nitrogens is 4. The first-order valence-electron chi connectivity index (χ1n) is 11.2. The first-order chi connectivity index (χ1) is 17.1. The van der Waals surface area contributed by atoms with Crippen LogP contribution >= 0.6 is 11.6 Å². The number of hydrogen-bond donors (Lipinski definition) is 2. The SMILES string of the molecule is O=C(Nc1cn2cc(-c3c(Cl)c(F)c(N(CC(F)(F)F)C4CC4)c4[nH]ncc34)ccc2n1)[C@@H]1C[C@@H]1F. The lowest BCUT2D eigenvalue weighted by molar-refractivity contribution is -0.120. The van der Waals surface area contributed by atoms with Crippen LogP contribution in [0.15, 0.2) is 30.7 Å². The molecule has 0 bridgehead atoms. The lowest BCUT2D eigenvalue weighted by atomic mass is 10.0. The van der Waals surface area contributed by atoms with Gasteiger partial charge in [-0.2, -0.15) is 18.3 Å². The van der Waals surface area contributed by atoms with Gasteiger partial charge in [-0.05, 0) is 31.4 Å². The van der Waals surface area contributed by atoms with E-state index in [9.17, 15) is 22.4 Å². The van der Waals surface area contributed by atoms with Crippen molar-refractivity contribution in [3.63, 3.8) is 0 Å². The molecule has 2 fully saturated rings. The highest BCUT2D eigenvalue weighted by molar-refractivity contribution is 6.36. The van der Waals surface area contributed by atoms with E-state index in [2.05, 4.69) is 20.5 Å². The van der Waals surface area contributed by atoms with Crippen LogP contribution in [0.4, 0.5) is 33.5 Å². The van der Waals surface area contributed by atoms with E-state index in [-0.39, 0.29) is 34.0 Å². The molecular weight excluding hydrogens is 507 g/mol. The summed E-state index contributed by atoms with van der Waals surface area (Å²) in [4.78, 5) is 17.3. The van der Waals surface area contributed by atoms with E-state index in [1.807, 2.05) is 0 Å². The number of hydrogen-bond acceptors (Lipinski definition) is 4. The summed E-state index contributed by atoms with van der Waals surface area (Å²) in [6.07, 6.45) is 0.0792. The maximum atomic E-state index is 15.7. The maximum Gasteiger partial charge on any atom is 0.405 e. The number of fused-ring (bicyclic) bond motifs is 2. The fourth-order valence-corrected chi connectivity index (χ4v) is 4.77. The van der Waals surface area contributed by atoms with Crippen molar-refractivity contribution in [1.82, 2.24) is 19.6 Å². The van der Waals surface area contributed by atoms with Crippen LogP contribution in [0.2, 0.25) is 5.02 Å². The molecule has 2 aliphatic rings. The van der Waals surface area contributed by atoms with Crippen molar-refractivity contribution in [1.29, 1.82) is 0 Å². The summed E-state index contributed by atoms with van der Waals surface area (Å²) in [6, 6.07) is 2.82. The number of halogens is 6. The van der Waals surface area contributed by atoms with Gasteiger partial charge in [0.1, 0.15) is 24.1 Å². The van der Waals surface area contributed by atoms with Crippen molar-refractivity contribution in [3.05, 3.63) is 41.6 Å². The van der Waals surface area contributed by atoms with Crippen LogP contribution in [0.5, 0.6) is 0 Å². The smallest absolute Gasteiger partial charge is 0.355 e. The number of H-pyrrole nitrogens is 1. The first kappa shape index (κ1) is 23.0. The molecule has 0 saturated heterocycles. The number of nitrogens with one attached hydrogen (secondary N) is 2. The molecule has 2 aliphatic carbocycles. The molecule has 0 spiro atoms. The molecule has 13 heteroatoms. The number of amides is 1. The van der Waals surface area contributed by atoms with Crippen LogP contribution in [0.3, 0.4) is 0 Å². The van der Waals surface area contributed by atoms with Crippen molar-refractivity contribution in [2.75, 3.05) is 16.8 Å². The van der Waals surface area contributed by atoms with Crippen molar-refractivity contribution in [2.45, 2.75) is 37.7 Å². The molecule has 0 radical (unpaired) electrons. The Balaban J connectivity index is 1.42. The van der Waals surface area contributed by atoms with Crippen LogP contribution < -0.4 is 10.2 Å². The van der Waals surface area contributed by atoms with Crippen LogP contribution in [-0.4, -0.2) is 50.4 Å². The van der Waals surface area contributed by atoms with Gasteiger partial charge in [-0.25, -0.2) is 13.8 Å². The number of benzene rings is 1. The molecule has 6 rings (SSSR count). The van der Waals surface area contributed by atoms with Crippen LogP contribution in [-0.2, 0) is 4.79 Å². The van der Waals surface area contributed by atoms with Gasteiger partial charge in [0.05, 0.1) is 28.9 Å². The van der Waals surface area contributed by atoms with E-state index in [0.29, 0.717) is 29.4 Å². The Labute approximate surface area is 205 Å². The van der Waals surface area contributed by atoms with Crippen LogP contribution in [0.25, 0.3) is 27.7 Å². The summed E-state index contributed by atoms with van der Waals surface area (Å²) in [5.74, 6) is -1.87. The maximum absolute atomic E-state index is 15.7. The Morgan fingerprint density at radius 2 is 2.03 bits per heavy atom. The Hall–Kier alpha value is -3.41. The van der Waals surface area contributed by atoms with Gasteiger partial charge in [0.25, 0.3) is 0 Å². The second kappa shape index (κ2) is 8.05. The zero-order chi connectivity index (χ0) is 25.4. The Bertz CT molecular complexity index is 1510. The summed E-state index contributed by atoms with van der Waals surface area (Å²) in [7, 11) is 0. The number of rotatable bonds is 6. The molecule has 1 aromatic carbocycles. The van der Waals surface area contributed by atoms with Crippen LogP contribution in [0, 0.1) is 11.7 Å². The van der Waals surface area contributed by atoms with E-state index < -0.39 is 42.6 Å². The highest BCUT2D eigenvalue weighted by Gasteiger charge is 2.44. The van der Waals surface area contributed by atoms with Gasteiger partial charge in [0, 0.05) is 28.8 Å². The summed E-state index contributed by atoms with van der Waals surface area (Å²) < 4.78 is 70.3. The molecule has 36 heavy (non-hydrogen) atoms. The molecule has 3 heterocycles. The van der Waals surface area contributed by atoms with Gasteiger partial charge in [-0.3, -0.25) is 9.89 Å². The minimum atomic E-state index is -4.53. The number of aromatic amines is 1. The number of carbonyl (C=O) groups excluding carboxylic acids is 1. The second-order valence-electron chi connectivity index (χ2n) is 9.14. The largest absolute Gasteiger partial charge is 0.405 e. The molecule has 1 amide bonds. The van der Waals surface area contributed by atoms with Crippen molar-refractivity contribution in [3.8, 4) is 11.1 Å². The highest BCUT2D eigenvalue weighted by Crippen LogP contribution is 2.46. The molecule has 2 saturated carbocycles. The fraction of sp³-hybridized carbons (Fsp3) is 0.348. The average Bonchev–Trinajstić information content (AvgIpc) is 3.69. The van der Waals surface area contributed by atoms with Crippen molar-refractivity contribution in [2.24, 2.45) is 5.92 Å². The minimum Gasteiger partial charge on any atom is -0.355 e. The monoisotopic (exact) mass is 524 g/mol. The number of carbonyl (C=O) groups is 1. The standard InChI is InChI=1S/C23H18ClF5N6O/c24-18-17(10-1-4-16-31-15(8-34(16)7-10)32-22(36)12-5-14(12)25)13-6-30-33-20(13)21(19(18)26)35(11-2-3-11)9-23(27,28)29/h1,4,6-8,11-12,14H,2-3,5,9H2,(H,30,33)(H,32,36)/t12-,14+/m1/s1. The molecule has 188 valence electrons. The molecule has 0 unspecified atom stereocenters. The third-order valence-electron chi connectivity index (χ3n) is 6.43. The molecule has 0 aliphatic heterocycles. The van der Waals surface area contributed by atoms with Crippen molar-refractivity contribution < 1.29 is 26.7 Å². The second-order valence-corrected chi connectivity index (χ2v) is 9.52. The third-order valence-corrected chi connectivity index (χ3v) is 6.79. The summed E-state index contributed by atoms with van der Waals surface area (Å²) in [6.45, 7) is -1.31. The molecular formula is C23H18ClF5N6O.